The lowest BCUT2D eigenvalue weighted by atomic mass is 10.2. The van der Waals surface area contributed by atoms with E-state index in [9.17, 15) is 0 Å². The Hall–Kier alpha value is -1.57. The molecule has 1 aromatic carbocycles. The van der Waals surface area contributed by atoms with E-state index in [4.69, 9.17) is 0 Å². The predicted molar refractivity (Wildman–Crippen MR) is 102 cm³/mol. The fourth-order valence-electron chi connectivity index (χ4n) is 2.18. The highest BCUT2D eigenvalue weighted by Crippen LogP contribution is 2.08. The van der Waals surface area contributed by atoms with E-state index < -0.39 is 0 Å². The van der Waals surface area contributed by atoms with Gasteiger partial charge in [-0.2, -0.15) is 5.10 Å². The molecule has 0 bridgehead atoms. The number of aliphatic imine (C=N–C) groups is 1. The van der Waals surface area contributed by atoms with Crippen molar-refractivity contribution in [2.45, 2.75) is 6.42 Å². The number of hydrogen-bond donors (Lipinski definition) is 0. The van der Waals surface area contributed by atoms with E-state index in [0.29, 0.717) is 0 Å². The second-order valence-corrected chi connectivity index (χ2v) is 5.35. The highest BCUT2D eigenvalue weighted by atomic mass is 127. The molecule has 0 aliphatic carbocycles. The average Bonchev–Trinajstić information content (AvgIpc) is 2.92. The third kappa shape index (κ3) is 5.01. The Labute approximate surface area is 149 Å². The molecule has 0 N–H and O–H groups in total. The molecule has 0 saturated heterocycles. The topological polar surface area (TPSA) is 36.7 Å². The summed E-state index contributed by atoms with van der Waals surface area (Å²) in [5.41, 5.74) is 2.27. The first-order valence-corrected chi connectivity index (χ1v) is 7.06. The molecule has 0 fully saturated rings. The highest BCUT2D eigenvalue weighted by molar-refractivity contribution is 14.0. The lowest BCUT2D eigenvalue weighted by molar-refractivity contribution is 0.479. The molecule has 22 heavy (non-hydrogen) atoms. The van der Waals surface area contributed by atoms with Crippen molar-refractivity contribution in [1.29, 1.82) is 0 Å². The van der Waals surface area contributed by atoms with E-state index in [2.05, 4.69) is 16.3 Å². The standard InChI is InChI=1S/C16H23N5.HI/c1-19(2)16(20(3)4)17-11-10-14-12-18-21(13-14)15-8-6-5-7-9-15;/h5-9,12-13H,10-11H2,1-4H3;1H. The number of halogens is 1. The summed E-state index contributed by atoms with van der Waals surface area (Å²) in [5, 5.41) is 4.40. The van der Waals surface area contributed by atoms with Gasteiger partial charge in [0.2, 0.25) is 0 Å². The summed E-state index contributed by atoms with van der Waals surface area (Å²) < 4.78 is 1.90. The summed E-state index contributed by atoms with van der Waals surface area (Å²) in [5.74, 6) is 0.977. The molecule has 6 heteroatoms. The maximum atomic E-state index is 4.63. The fraction of sp³-hybridized carbons (Fsp3) is 0.375. The number of nitrogens with zero attached hydrogens (tertiary/aromatic N) is 5. The molecule has 0 spiro atoms. The third-order valence-corrected chi connectivity index (χ3v) is 3.11. The van der Waals surface area contributed by atoms with Crippen LogP contribution in [0.3, 0.4) is 0 Å². The molecule has 0 radical (unpaired) electrons. The smallest absolute Gasteiger partial charge is 0.195 e. The van der Waals surface area contributed by atoms with Crippen molar-refractivity contribution in [2.24, 2.45) is 4.99 Å². The van der Waals surface area contributed by atoms with Crippen molar-refractivity contribution >= 4 is 29.9 Å². The molecule has 120 valence electrons. The Morgan fingerprint density at radius 3 is 2.32 bits per heavy atom. The summed E-state index contributed by atoms with van der Waals surface area (Å²) in [6.45, 7) is 0.756. The Morgan fingerprint density at radius 1 is 1.09 bits per heavy atom. The molecule has 0 atom stereocenters. The molecule has 1 aromatic heterocycles. The van der Waals surface area contributed by atoms with Crippen LogP contribution in [0.2, 0.25) is 0 Å². The van der Waals surface area contributed by atoms with Crippen LogP contribution in [0.5, 0.6) is 0 Å². The van der Waals surface area contributed by atoms with E-state index in [1.54, 1.807) is 0 Å². The van der Waals surface area contributed by atoms with Crippen molar-refractivity contribution in [3.63, 3.8) is 0 Å². The van der Waals surface area contributed by atoms with E-state index >= 15 is 0 Å². The van der Waals surface area contributed by atoms with Gasteiger partial charge in [0.1, 0.15) is 0 Å². The molecule has 0 saturated carbocycles. The van der Waals surface area contributed by atoms with Crippen molar-refractivity contribution in [3.05, 3.63) is 48.3 Å². The Bertz CT molecular complexity index is 580. The minimum Gasteiger partial charge on any atom is -0.349 e. The first kappa shape index (κ1) is 18.5. The van der Waals surface area contributed by atoms with Crippen LogP contribution in [-0.2, 0) is 6.42 Å². The molecule has 0 unspecified atom stereocenters. The van der Waals surface area contributed by atoms with Gasteiger partial charge in [0, 0.05) is 40.9 Å². The quantitative estimate of drug-likeness (QED) is 0.439. The van der Waals surface area contributed by atoms with Gasteiger partial charge in [-0.3, -0.25) is 4.99 Å². The number of para-hydroxylation sites is 1. The zero-order chi connectivity index (χ0) is 15.2. The Balaban J connectivity index is 0.00000242. The van der Waals surface area contributed by atoms with Crippen molar-refractivity contribution in [2.75, 3.05) is 34.7 Å². The first-order chi connectivity index (χ1) is 10.1. The van der Waals surface area contributed by atoms with Gasteiger partial charge in [-0.15, -0.1) is 24.0 Å². The predicted octanol–water partition coefficient (Wildman–Crippen LogP) is 2.51. The monoisotopic (exact) mass is 413 g/mol. The zero-order valence-electron chi connectivity index (χ0n) is 13.6. The minimum absolute atomic E-state index is 0. The maximum Gasteiger partial charge on any atom is 0.195 e. The Morgan fingerprint density at radius 2 is 1.73 bits per heavy atom. The summed E-state index contributed by atoms with van der Waals surface area (Å²) in [6, 6.07) is 10.1. The van der Waals surface area contributed by atoms with Gasteiger partial charge in [0.05, 0.1) is 11.9 Å². The zero-order valence-corrected chi connectivity index (χ0v) is 15.9. The third-order valence-electron chi connectivity index (χ3n) is 3.11. The second kappa shape index (κ2) is 8.77. The average molecular weight is 413 g/mol. The number of aromatic nitrogens is 2. The molecule has 0 amide bonds. The summed E-state index contributed by atoms with van der Waals surface area (Å²) in [4.78, 5) is 8.67. The van der Waals surface area contributed by atoms with Crippen molar-refractivity contribution < 1.29 is 0 Å². The van der Waals surface area contributed by atoms with Crippen LogP contribution < -0.4 is 0 Å². The van der Waals surface area contributed by atoms with Gasteiger partial charge in [-0.25, -0.2) is 4.68 Å². The number of guanidine groups is 1. The Kier molecular flexibility index (Phi) is 7.37. The van der Waals surface area contributed by atoms with Crippen molar-refractivity contribution in [3.8, 4) is 5.69 Å². The van der Waals surface area contributed by atoms with Crippen LogP contribution in [0, 0.1) is 0 Å². The van der Waals surface area contributed by atoms with Crippen LogP contribution in [-0.4, -0.2) is 60.3 Å². The van der Waals surface area contributed by atoms with Gasteiger partial charge in [0.25, 0.3) is 0 Å². The van der Waals surface area contributed by atoms with Gasteiger partial charge in [-0.1, -0.05) is 18.2 Å². The van der Waals surface area contributed by atoms with E-state index in [1.807, 2.05) is 79.2 Å². The summed E-state index contributed by atoms with van der Waals surface area (Å²) in [6.07, 6.45) is 4.86. The van der Waals surface area contributed by atoms with Crippen LogP contribution in [0.4, 0.5) is 0 Å². The van der Waals surface area contributed by atoms with E-state index in [1.165, 1.54) is 5.56 Å². The van der Waals surface area contributed by atoms with Crippen LogP contribution in [0.1, 0.15) is 5.56 Å². The highest BCUT2D eigenvalue weighted by Gasteiger charge is 2.04. The molecular formula is C16H24IN5. The molecule has 5 nitrogen and oxygen atoms in total. The number of hydrogen-bond acceptors (Lipinski definition) is 2. The van der Waals surface area contributed by atoms with Crippen LogP contribution in [0.15, 0.2) is 47.7 Å². The minimum atomic E-state index is 0. The van der Waals surface area contributed by atoms with E-state index in [0.717, 1.165) is 24.6 Å². The molecular weight excluding hydrogens is 389 g/mol. The normalized spacial score (nSPS) is 9.82. The number of benzene rings is 1. The number of rotatable bonds is 4. The molecule has 0 aliphatic heterocycles. The summed E-state index contributed by atoms with van der Waals surface area (Å²) >= 11 is 0. The molecule has 1 heterocycles. The molecule has 0 aliphatic rings. The molecule has 2 rings (SSSR count). The molecule has 2 aromatic rings. The maximum absolute atomic E-state index is 4.63. The fourth-order valence-corrected chi connectivity index (χ4v) is 2.18. The second-order valence-electron chi connectivity index (χ2n) is 5.35. The lowest BCUT2D eigenvalue weighted by Gasteiger charge is -2.22. The van der Waals surface area contributed by atoms with Crippen molar-refractivity contribution in [1.82, 2.24) is 19.6 Å². The van der Waals surface area contributed by atoms with Crippen LogP contribution >= 0.6 is 24.0 Å². The van der Waals surface area contributed by atoms with E-state index in [-0.39, 0.29) is 24.0 Å². The first-order valence-electron chi connectivity index (χ1n) is 7.06. The van der Waals surface area contributed by atoms with Gasteiger partial charge in [-0.05, 0) is 24.1 Å². The summed E-state index contributed by atoms with van der Waals surface area (Å²) in [7, 11) is 8.02. The van der Waals surface area contributed by atoms with Gasteiger partial charge in [0.15, 0.2) is 5.96 Å². The van der Waals surface area contributed by atoms with Gasteiger partial charge < -0.3 is 9.80 Å². The SMILES string of the molecule is CN(C)C(=NCCc1cnn(-c2ccccc2)c1)N(C)C.I. The lowest BCUT2D eigenvalue weighted by Crippen LogP contribution is -2.35. The largest absolute Gasteiger partial charge is 0.349 e. The van der Waals surface area contributed by atoms with Crippen LogP contribution in [0.25, 0.3) is 5.69 Å². The van der Waals surface area contributed by atoms with Gasteiger partial charge >= 0.3 is 0 Å².